The number of aryl methyl sites for hydroxylation is 1. The molecule has 0 atom stereocenters. The van der Waals surface area contributed by atoms with Crippen LogP contribution in [0.15, 0.2) is 47.8 Å². The standard InChI is InChI=1S/C13H14N4O/c1-17-8-4-6-12(17)9-13(18)16-15-10-11-5-2-3-7-14-11/h2-8,10H,9H2,1H3,(H,16,18). The largest absolute Gasteiger partial charge is 0.354 e. The summed E-state index contributed by atoms with van der Waals surface area (Å²) in [6.07, 6.45) is 5.40. The summed E-state index contributed by atoms with van der Waals surface area (Å²) in [7, 11) is 1.90. The lowest BCUT2D eigenvalue weighted by atomic mass is 10.3. The van der Waals surface area contributed by atoms with Crippen LogP contribution in [0.3, 0.4) is 0 Å². The first-order chi connectivity index (χ1) is 8.75. The zero-order valence-electron chi connectivity index (χ0n) is 10.1. The van der Waals surface area contributed by atoms with Crippen LogP contribution in [0, 0.1) is 0 Å². The van der Waals surface area contributed by atoms with Crippen molar-refractivity contribution in [3.8, 4) is 0 Å². The molecule has 2 aromatic rings. The van der Waals surface area contributed by atoms with Gasteiger partial charge in [-0.15, -0.1) is 0 Å². The van der Waals surface area contributed by atoms with Gasteiger partial charge in [-0.2, -0.15) is 5.10 Å². The van der Waals surface area contributed by atoms with Crippen LogP contribution in [0.1, 0.15) is 11.4 Å². The molecule has 1 amide bonds. The van der Waals surface area contributed by atoms with Crippen LogP contribution in [-0.2, 0) is 18.3 Å². The van der Waals surface area contributed by atoms with Crippen molar-refractivity contribution in [1.29, 1.82) is 0 Å². The van der Waals surface area contributed by atoms with E-state index in [1.807, 2.05) is 48.1 Å². The maximum Gasteiger partial charge on any atom is 0.245 e. The zero-order chi connectivity index (χ0) is 12.8. The molecule has 0 fully saturated rings. The van der Waals surface area contributed by atoms with Crippen LogP contribution in [0.2, 0.25) is 0 Å². The molecule has 2 rings (SSSR count). The number of hydrazone groups is 1. The average molecular weight is 242 g/mol. The lowest BCUT2D eigenvalue weighted by Crippen LogP contribution is -2.20. The van der Waals surface area contributed by atoms with Gasteiger partial charge in [0, 0.05) is 25.1 Å². The Kier molecular flexibility index (Phi) is 3.86. The maximum atomic E-state index is 11.6. The van der Waals surface area contributed by atoms with E-state index >= 15 is 0 Å². The predicted molar refractivity (Wildman–Crippen MR) is 69.1 cm³/mol. The van der Waals surface area contributed by atoms with Crippen LogP contribution < -0.4 is 5.43 Å². The highest BCUT2D eigenvalue weighted by Gasteiger charge is 2.04. The second-order valence-electron chi connectivity index (χ2n) is 3.83. The van der Waals surface area contributed by atoms with E-state index in [-0.39, 0.29) is 5.91 Å². The highest BCUT2D eigenvalue weighted by molar-refractivity contribution is 5.81. The second-order valence-corrected chi connectivity index (χ2v) is 3.83. The molecule has 0 saturated heterocycles. The first kappa shape index (κ1) is 12.0. The molecule has 2 aromatic heterocycles. The van der Waals surface area contributed by atoms with E-state index in [9.17, 15) is 4.79 Å². The van der Waals surface area contributed by atoms with Gasteiger partial charge in [0.1, 0.15) is 0 Å². The number of nitrogens with one attached hydrogen (secondary N) is 1. The fourth-order valence-corrected chi connectivity index (χ4v) is 1.51. The second kappa shape index (κ2) is 5.77. The normalized spacial score (nSPS) is 10.7. The molecule has 0 bridgehead atoms. The van der Waals surface area contributed by atoms with Crippen LogP contribution in [0.5, 0.6) is 0 Å². The van der Waals surface area contributed by atoms with Gasteiger partial charge in [-0.3, -0.25) is 9.78 Å². The first-order valence-corrected chi connectivity index (χ1v) is 5.59. The highest BCUT2D eigenvalue weighted by atomic mass is 16.2. The van der Waals surface area contributed by atoms with Crippen LogP contribution in [0.4, 0.5) is 0 Å². The molecule has 0 aliphatic rings. The Balaban J connectivity index is 1.86. The van der Waals surface area contributed by atoms with Gasteiger partial charge in [0.2, 0.25) is 5.91 Å². The molecule has 92 valence electrons. The number of aromatic nitrogens is 2. The molecule has 5 nitrogen and oxygen atoms in total. The molecule has 0 saturated carbocycles. The van der Waals surface area contributed by atoms with Crippen molar-refractivity contribution >= 4 is 12.1 Å². The number of rotatable bonds is 4. The predicted octanol–water partition coefficient (Wildman–Crippen LogP) is 1.11. The topological polar surface area (TPSA) is 59.3 Å². The molecule has 5 heteroatoms. The Hall–Kier alpha value is -2.43. The number of carbonyl (C=O) groups is 1. The number of nitrogens with zero attached hydrogens (tertiary/aromatic N) is 3. The van der Waals surface area contributed by atoms with E-state index < -0.39 is 0 Å². The number of pyridine rings is 1. The number of hydrogen-bond donors (Lipinski definition) is 1. The Morgan fingerprint density at radius 1 is 1.44 bits per heavy atom. The van der Waals surface area contributed by atoms with Gasteiger partial charge in [0.15, 0.2) is 0 Å². The average Bonchev–Trinajstić information content (AvgIpc) is 2.76. The van der Waals surface area contributed by atoms with Crippen molar-refractivity contribution in [2.75, 3.05) is 0 Å². The molecule has 0 unspecified atom stereocenters. The van der Waals surface area contributed by atoms with Crippen molar-refractivity contribution < 1.29 is 4.79 Å². The van der Waals surface area contributed by atoms with Crippen molar-refractivity contribution in [3.05, 3.63) is 54.1 Å². The fourth-order valence-electron chi connectivity index (χ4n) is 1.51. The number of hydrogen-bond acceptors (Lipinski definition) is 3. The summed E-state index contributed by atoms with van der Waals surface area (Å²) < 4.78 is 1.90. The summed E-state index contributed by atoms with van der Waals surface area (Å²) in [5.41, 5.74) is 4.12. The minimum atomic E-state index is -0.149. The van der Waals surface area contributed by atoms with Crippen molar-refractivity contribution in [1.82, 2.24) is 15.0 Å². The quantitative estimate of drug-likeness (QED) is 0.645. The Morgan fingerprint density at radius 3 is 3.00 bits per heavy atom. The summed E-state index contributed by atoms with van der Waals surface area (Å²) in [5, 5.41) is 3.86. The van der Waals surface area contributed by atoms with Gasteiger partial charge in [-0.05, 0) is 24.3 Å². The lowest BCUT2D eigenvalue weighted by Gasteiger charge is -2.01. The van der Waals surface area contributed by atoms with E-state index in [1.54, 1.807) is 6.20 Å². The van der Waals surface area contributed by atoms with Crippen molar-refractivity contribution in [3.63, 3.8) is 0 Å². The first-order valence-electron chi connectivity index (χ1n) is 5.59. The van der Waals surface area contributed by atoms with Crippen LogP contribution in [-0.4, -0.2) is 21.7 Å². The van der Waals surface area contributed by atoms with Crippen LogP contribution >= 0.6 is 0 Å². The van der Waals surface area contributed by atoms with Crippen LogP contribution in [0.25, 0.3) is 0 Å². The highest BCUT2D eigenvalue weighted by Crippen LogP contribution is 2.00. The SMILES string of the molecule is Cn1cccc1CC(=O)NN=Cc1ccccn1. The van der Waals surface area contributed by atoms with E-state index in [1.165, 1.54) is 6.21 Å². The third-order valence-corrected chi connectivity index (χ3v) is 2.47. The maximum absolute atomic E-state index is 11.6. The van der Waals surface area contributed by atoms with Gasteiger partial charge >= 0.3 is 0 Å². The molecule has 0 radical (unpaired) electrons. The van der Waals surface area contributed by atoms with E-state index in [2.05, 4.69) is 15.5 Å². The zero-order valence-corrected chi connectivity index (χ0v) is 10.1. The van der Waals surface area contributed by atoms with Gasteiger partial charge in [0.25, 0.3) is 0 Å². The Labute approximate surface area is 105 Å². The molecule has 0 aliphatic heterocycles. The molecule has 0 aliphatic carbocycles. The number of carbonyl (C=O) groups excluding carboxylic acids is 1. The fraction of sp³-hybridized carbons (Fsp3) is 0.154. The number of amides is 1. The molecular formula is C13H14N4O. The van der Waals surface area contributed by atoms with Crippen molar-refractivity contribution in [2.45, 2.75) is 6.42 Å². The molecule has 1 N–H and O–H groups in total. The van der Waals surface area contributed by atoms with Crippen molar-refractivity contribution in [2.24, 2.45) is 12.1 Å². The Morgan fingerprint density at radius 2 is 2.33 bits per heavy atom. The van der Waals surface area contributed by atoms with Gasteiger partial charge < -0.3 is 4.57 Å². The van der Waals surface area contributed by atoms with Gasteiger partial charge in [-0.25, -0.2) is 5.43 Å². The van der Waals surface area contributed by atoms with E-state index in [4.69, 9.17) is 0 Å². The molecular weight excluding hydrogens is 228 g/mol. The summed E-state index contributed by atoms with van der Waals surface area (Å²) in [5.74, 6) is -0.149. The molecule has 0 spiro atoms. The van der Waals surface area contributed by atoms with E-state index in [0.717, 1.165) is 5.69 Å². The monoisotopic (exact) mass is 242 g/mol. The summed E-state index contributed by atoms with van der Waals surface area (Å²) in [6.45, 7) is 0. The molecule has 18 heavy (non-hydrogen) atoms. The lowest BCUT2D eigenvalue weighted by molar-refractivity contribution is -0.120. The molecule has 0 aromatic carbocycles. The molecule has 2 heterocycles. The van der Waals surface area contributed by atoms with Gasteiger partial charge in [-0.1, -0.05) is 6.07 Å². The summed E-state index contributed by atoms with van der Waals surface area (Å²) >= 11 is 0. The third-order valence-electron chi connectivity index (χ3n) is 2.47. The summed E-state index contributed by atoms with van der Waals surface area (Å²) in [4.78, 5) is 15.7. The third kappa shape index (κ3) is 3.28. The minimum absolute atomic E-state index is 0.149. The smallest absolute Gasteiger partial charge is 0.245 e. The Bertz CT molecular complexity index is 545. The minimum Gasteiger partial charge on any atom is -0.354 e. The summed E-state index contributed by atoms with van der Waals surface area (Å²) in [6, 6.07) is 9.31. The van der Waals surface area contributed by atoms with E-state index in [0.29, 0.717) is 12.1 Å². The van der Waals surface area contributed by atoms with Gasteiger partial charge in [0.05, 0.1) is 18.3 Å².